The number of pyridine rings is 1. The molecule has 0 aromatic carbocycles. The van der Waals surface area contributed by atoms with E-state index in [0.717, 1.165) is 0 Å². The fourth-order valence-electron chi connectivity index (χ4n) is 1.20. The third-order valence-electron chi connectivity index (χ3n) is 2.02. The van der Waals surface area contributed by atoms with Crippen LogP contribution in [0.4, 0.5) is 0 Å². The summed E-state index contributed by atoms with van der Waals surface area (Å²) in [4.78, 5) is 36.3. The lowest BCUT2D eigenvalue weighted by Crippen LogP contribution is -2.29. The monoisotopic (exact) mass is 267 g/mol. The Kier molecular flexibility index (Phi) is 5.42. The van der Waals surface area contributed by atoms with E-state index in [9.17, 15) is 14.4 Å². The Labute approximate surface area is 108 Å². The number of nitrogens with two attached hydrogens (primary N) is 1. The van der Waals surface area contributed by atoms with Gasteiger partial charge in [0.1, 0.15) is 12.3 Å². The number of primary amides is 1. The van der Waals surface area contributed by atoms with Gasteiger partial charge in [-0.25, -0.2) is 9.78 Å². The summed E-state index contributed by atoms with van der Waals surface area (Å²) >= 11 is 0. The SMILES string of the molecule is NC(=O)COCCNC(=O)c1ccnc(C(=O)O)c1. The van der Waals surface area contributed by atoms with Crippen molar-refractivity contribution in [3.63, 3.8) is 0 Å². The maximum absolute atomic E-state index is 11.6. The van der Waals surface area contributed by atoms with E-state index in [4.69, 9.17) is 15.6 Å². The van der Waals surface area contributed by atoms with E-state index >= 15 is 0 Å². The first-order valence-corrected chi connectivity index (χ1v) is 5.34. The molecule has 0 fully saturated rings. The molecule has 1 heterocycles. The highest BCUT2D eigenvalue weighted by atomic mass is 16.5. The standard InChI is InChI=1S/C11H13N3O5/c12-9(15)6-19-4-3-14-10(16)7-1-2-13-8(5-7)11(17)18/h1-2,5H,3-4,6H2,(H2,12,15)(H,14,16)(H,17,18). The highest BCUT2D eigenvalue weighted by Gasteiger charge is 2.10. The van der Waals surface area contributed by atoms with Crippen LogP contribution in [0.2, 0.25) is 0 Å². The minimum absolute atomic E-state index is 0.131. The highest BCUT2D eigenvalue weighted by Crippen LogP contribution is 2.01. The Hall–Kier alpha value is -2.48. The van der Waals surface area contributed by atoms with Crippen LogP contribution in [0.5, 0.6) is 0 Å². The molecule has 19 heavy (non-hydrogen) atoms. The second kappa shape index (κ2) is 7.07. The Morgan fingerprint density at radius 2 is 2.16 bits per heavy atom. The van der Waals surface area contributed by atoms with Crippen LogP contribution in [0.15, 0.2) is 18.3 Å². The minimum atomic E-state index is -1.21. The predicted molar refractivity (Wildman–Crippen MR) is 63.5 cm³/mol. The van der Waals surface area contributed by atoms with Crippen LogP contribution >= 0.6 is 0 Å². The van der Waals surface area contributed by atoms with Crippen molar-refractivity contribution in [1.82, 2.24) is 10.3 Å². The highest BCUT2D eigenvalue weighted by molar-refractivity contribution is 5.96. The van der Waals surface area contributed by atoms with E-state index < -0.39 is 17.8 Å². The molecule has 8 nitrogen and oxygen atoms in total. The van der Waals surface area contributed by atoms with Gasteiger partial charge < -0.3 is 20.9 Å². The molecular formula is C11H13N3O5. The van der Waals surface area contributed by atoms with E-state index in [1.165, 1.54) is 18.3 Å². The number of hydrogen-bond acceptors (Lipinski definition) is 5. The normalized spacial score (nSPS) is 9.89. The average molecular weight is 267 g/mol. The Morgan fingerprint density at radius 1 is 1.42 bits per heavy atom. The van der Waals surface area contributed by atoms with Crippen molar-refractivity contribution >= 4 is 17.8 Å². The number of nitrogens with one attached hydrogen (secondary N) is 1. The molecule has 0 bridgehead atoms. The summed E-state index contributed by atoms with van der Waals surface area (Å²) in [5.74, 6) is -2.25. The summed E-state index contributed by atoms with van der Waals surface area (Å²) in [6.07, 6.45) is 1.24. The quantitative estimate of drug-likeness (QED) is 0.543. The molecule has 1 aromatic heterocycles. The molecule has 0 saturated carbocycles. The lowest BCUT2D eigenvalue weighted by Gasteiger charge is -2.05. The van der Waals surface area contributed by atoms with E-state index in [1.54, 1.807) is 0 Å². The summed E-state index contributed by atoms with van der Waals surface area (Å²) in [5, 5.41) is 11.2. The fourth-order valence-corrected chi connectivity index (χ4v) is 1.20. The zero-order chi connectivity index (χ0) is 14.3. The van der Waals surface area contributed by atoms with Gasteiger partial charge in [-0.3, -0.25) is 9.59 Å². The number of hydrogen-bond donors (Lipinski definition) is 3. The number of aromatic nitrogens is 1. The number of carboxylic acid groups (broad SMARTS) is 1. The minimum Gasteiger partial charge on any atom is -0.477 e. The van der Waals surface area contributed by atoms with Crippen LogP contribution in [0.3, 0.4) is 0 Å². The van der Waals surface area contributed by atoms with Gasteiger partial charge in [0.15, 0.2) is 0 Å². The molecule has 8 heteroatoms. The maximum Gasteiger partial charge on any atom is 0.354 e. The van der Waals surface area contributed by atoms with Crippen LogP contribution in [0, 0.1) is 0 Å². The van der Waals surface area contributed by atoms with E-state index in [-0.39, 0.29) is 31.0 Å². The first kappa shape index (κ1) is 14.6. The maximum atomic E-state index is 11.6. The topological polar surface area (TPSA) is 132 Å². The fraction of sp³-hybridized carbons (Fsp3) is 0.273. The number of amides is 2. The lowest BCUT2D eigenvalue weighted by atomic mass is 10.2. The molecule has 0 aliphatic carbocycles. The van der Waals surface area contributed by atoms with Gasteiger partial charge in [-0.05, 0) is 12.1 Å². The number of carbonyl (C=O) groups is 3. The van der Waals surface area contributed by atoms with Crippen molar-refractivity contribution in [2.24, 2.45) is 5.73 Å². The van der Waals surface area contributed by atoms with Gasteiger partial charge in [-0.2, -0.15) is 0 Å². The Morgan fingerprint density at radius 3 is 2.79 bits per heavy atom. The number of ether oxygens (including phenoxy) is 1. The van der Waals surface area contributed by atoms with Gasteiger partial charge >= 0.3 is 5.97 Å². The van der Waals surface area contributed by atoms with Crippen molar-refractivity contribution in [3.8, 4) is 0 Å². The molecule has 1 aromatic rings. The van der Waals surface area contributed by atoms with Gasteiger partial charge in [0.05, 0.1) is 6.61 Å². The Balaban J connectivity index is 2.43. The van der Waals surface area contributed by atoms with Crippen LogP contribution < -0.4 is 11.1 Å². The molecule has 0 saturated heterocycles. The first-order valence-electron chi connectivity index (χ1n) is 5.34. The zero-order valence-corrected chi connectivity index (χ0v) is 9.96. The van der Waals surface area contributed by atoms with E-state index in [1.807, 2.05) is 0 Å². The van der Waals surface area contributed by atoms with Gasteiger partial charge in [0.2, 0.25) is 5.91 Å². The molecule has 4 N–H and O–H groups in total. The summed E-state index contributed by atoms with van der Waals surface area (Å²) in [6, 6.07) is 2.56. The van der Waals surface area contributed by atoms with Gasteiger partial charge in [0.25, 0.3) is 5.91 Å². The number of rotatable bonds is 7. The number of nitrogens with zero attached hydrogens (tertiary/aromatic N) is 1. The van der Waals surface area contributed by atoms with Crippen molar-refractivity contribution in [1.29, 1.82) is 0 Å². The number of carboxylic acids is 1. The molecule has 0 spiro atoms. The largest absolute Gasteiger partial charge is 0.477 e. The summed E-state index contributed by atoms with van der Waals surface area (Å²) in [6.45, 7) is 0.0939. The molecule has 0 atom stereocenters. The summed E-state index contributed by atoms with van der Waals surface area (Å²) < 4.78 is 4.85. The van der Waals surface area contributed by atoms with Gasteiger partial charge in [-0.15, -0.1) is 0 Å². The van der Waals surface area contributed by atoms with Crippen molar-refractivity contribution < 1.29 is 24.2 Å². The molecule has 0 aliphatic rings. The van der Waals surface area contributed by atoms with Crippen LogP contribution in [-0.2, 0) is 9.53 Å². The molecule has 102 valence electrons. The van der Waals surface area contributed by atoms with Gasteiger partial charge in [0, 0.05) is 18.3 Å². The Bertz CT molecular complexity index is 489. The van der Waals surface area contributed by atoms with Crippen molar-refractivity contribution in [2.75, 3.05) is 19.8 Å². The second-order valence-electron chi connectivity index (χ2n) is 3.51. The summed E-state index contributed by atoms with van der Waals surface area (Å²) in [5.41, 5.74) is 4.83. The van der Waals surface area contributed by atoms with E-state index in [0.29, 0.717) is 0 Å². The zero-order valence-electron chi connectivity index (χ0n) is 9.96. The van der Waals surface area contributed by atoms with Crippen molar-refractivity contribution in [2.45, 2.75) is 0 Å². The number of carbonyl (C=O) groups excluding carboxylic acids is 2. The average Bonchev–Trinajstić information content (AvgIpc) is 2.37. The van der Waals surface area contributed by atoms with Crippen LogP contribution in [0.25, 0.3) is 0 Å². The second-order valence-corrected chi connectivity index (χ2v) is 3.51. The molecule has 0 unspecified atom stereocenters. The predicted octanol–water partition coefficient (Wildman–Crippen LogP) is -0.988. The first-order chi connectivity index (χ1) is 9.00. The van der Waals surface area contributed by atoms with Crippen LogP contribution in [0.1, 0.15) is 20.8 Å². The third-order valence-corrected chi connectivity index (χ3v) is 2.02. The smallest absolute Gasteiger partial charge is 0.354 e. The lowest BCUT2D eigenvalue weighted by molar-refractivity contribution is -0.122. The molecule has 1 rings (SSSR count). The molecule has 0 radical (unpaired) electrons. The van der Waals surface area contributed by atoms with E-state index in [2.05, 4.69) is 10.3 Å². The summed E-state index contributed by atoms with van der Waals surface area (Å²) in [7, 11) is 0. The molecule has 0 aliphatic heterocycles. The van der Waals surface area contributed by atoms with Crippen LogP contribution in [-0.4, -0.2) is 47.6 Å². The van der Waals surface area contributed by atoms with Crippen molar-refractivity contribution in [3.05, 3.63) is 29.6 Å². The number of aromatic carboxylic acids is 1. The third kappa shape index (κ3) is 5.13. The molecular weight excluding hydrogens is 254 g/mol. The van der Waals surface area contributed by atoms with Gasteiger partial charge in [-0.1, -0.05) is 0 Å². The molecule has 2 amide bonds.